The Labute approximate surface area is 132 Å². The second kappa shape index (κ2) is 5.72. The molecule has 0 saturated heterocycles. The van der Waals surface area contributed by atoms with Gasteiger partial charge in [-0.3, -0.25) is 0 Å². The van der Waals surface area contributed by atoms with E-state index >= 15 is 0 Å². The van der Waals surface area contributed by atoms with Crippen molar-refractivity contribution in [2.45, 2.75) is 13.3 Å². The minimum absolute atomic E-state index is 0.560. The number of aromatic nitrogens is 1. The highest BCUT2D eigenvalue weighted by Crippen LogP contribution is 2.36. The van der Waals surface area contributed by atoms with Crippen LogP contribution < -0.4 is 0 Å². The van der Waals surface area contributed by atoms with E-state index in [-0.39, 0.29) is 0 Å². The van der Waals surface area contributed by atoms with Crippen LogP contribution in [0.5, 0.6) is 0 Å². The lowest BCUT2D eigenvalue weighted by atomic mass is 9.96. The molecular weight excluding hydrogens is 309 g/mol. The normalized spacial score (nSPS) is 18.1. The third kappa shape index (κ3) is 2.69. The summed E-state index contributed by atoms with van der Waals surface area (Å²) >= 11 is 13.7. The Morgan fingerprint density at radius 1 is 1.25 bits per heavy atom. The summed E-state index contributed by atoms with van der Waals surface area (Å²) in [6.45, 7) is 2.22. The van der Waals surface area contributed by atoms with E-state index in [1.807, 2.05) is 23.7 Å². The number of nitrogens with zero attached hydrogens (tertiary/aromatic N) is 1. The molecule has 4 heteroatoms. The molecule has 20 heavy (non-hydrogen) atoms. The van der Waals surface area contributed by atoms with Crippen LogP contribution >= 0.6 is 34.5 Å². The number of rotatable bonds is 2. The SMILES string of the molecule is CC1C=CC(c2scnc2-c2ccc(Cl)c(Cl)c2)=CC1. The summed E-state index contributed by atoms with van der Waals surface area (Å²) in [6.07, 6.45) is 7.78. The van der Waals surface area contributed by atoms with Crippen LogP contribution in [0.1, 0.15) is 18.2 Å². The Bertz CT molecular complexity index is 700. The zero-order chi connectivity index (χ0) is 14.1. The van der Waals surface area contributed by atoms with Gasteiger partial charge in [0.2, 0.25) is 0 Å². The van der Waals surface area contributed by atoms with Crippen LogP contribution in [0.3, 0.4) is 0 Å². The quantitative estimate of drug-likeness (QED) is 0.651. The third-order valence-electron chi connectivity index (χ3n) is 3.34. The Balaban J connectivity index is 2.02. The zero-order valence-electron chi connectivity index (χ0n) is 10.9. The first-order valence-corrected chi connectivity index (χ1v) is 8.06. The molecule has 1 aliphatic rings. The maximum absolute atomic E-state index is 6.10. The summed E-state index contributed by atoms with van der Waals surface area (Å²) in [4.78, 5) is 5.68. The first kappa shape index (κ1) is 13.9. The van der Waals surface area contributed by atoms with E-state index in [1.54, 1.807) is 11.3 Å². The predicted octanol–water partition coefficient (Wildman–Crippen LogP) is 6.10. The molecule has 0 N–H and O–H groups in total. The molecule has 2 aromatic rings. The van der Waals surface area contributed by atoms with Gasteiger partial charge in [-0.1, -0.05) is 54.4 Å². The molecular formula is C16H13Cl2NS. The van der Waals surface area contributed by atoms with Crippen LogP contribution in [-0.4, -0.2) is 4.98 Å². The van der Waals surface area contributed by atoms with Gasteiger partial charge in [-0.05, 0) is 30.0 Å². The van der Waals surface area contributed by atoms with E-state index in [0.29, 0.717) is 16.0 Å². The molecule has 0 radical (unpaired) electrons. The average Bonchev–Trinajstić information content (AvgIpc) is 2.92. The van der Waals surface area contributed by atoms with Gasteiger partial charge in [-0.25, -0.2) is 4.98 Å². The van der Waals surface area contributed by atoms with E-state index < -0.39 is 0 Å². The fourth-order valence-corrected chi connectivity index (χ4v) is 3.33. The van der Waals surface area contributed by atoms with Crippen LogP contribution in [0.4, 0.5) is 0 Å². The van der Waals surface area contributed by atoms with Crippen molar-refractivity contribution >= 4 is 40.1 Å². The summed E-state index contributed by atoms with van der Waals surface area (Å²) in [6, 6.07) is 5.65. The van der Waals surface area contributed by atoms with E-state index in [0.717, 1.165) is 17.7 Å². The monoisotopic (exact) mass is 321 g/mol. The van der Waals surface area contributed by atoms with Gasteiger partial charge in [0.05, 0.1) is 26.1 Å². The summed E-state index contributed by atoms with van der Waals surface area (Å²) in [5.74, 6) is 0.611. The van der Waals surface area contributed by atoms with Crippen LogP contribution in [0.25, 0.3) is 16.8 Å². The molecule has 3 rings (SSSR count). The highest BCUT2D eigenvalue weighted by atomic mass is 35.5. The minimum atomic E-state index is 0.560. The van der Waals surface area contributed by atoms with E-state index in [9.17, 15) is 0 Å². The highest BCUT2D eigenvalue weighted by molar-refractivity contribution is 7.11. The van der Waals surface area contributed by atoms with Crippen LogP contribution in [0.2, 0.25) is 10.0 Å². The maximum Gasteiger partial charge on any atom is 0.0890 e. The van der Waals surface area contributed by atoms with Gasteiger partial charge in [0.15, 0.2) is 0 Å². The van der Waals surface area contributed by atoms with E-state index in [1.165, 1.54) is 10.5 Å². The van der Waals surface area contributed by atoms with Gasteiger partial charge in [0, 0.05) is 5.56 Å². The number of thiazole rings is 1. The zero-order valence-corrected chi connectivity index (χ0v) is 13.3. The molecule has 0 amide bonds. The highest BCUT2D eigenvalue weighted by Gasteiger charge is 2.14. The molecule has 1 aliphatic carbocycles. The van der Waals surface area contributed by atoms with Crippen LogP contribution in [0.15, 0.2) is 41.9 Å². The fraction of sp³-hybridized carbons (Fsp3) is 0.188. The summed E-state index contributed by atoms with van der Waals surface area (Å²) in [7, 11) is 0. The number of hydrogen-bond donors (Lipinski definition) is 0. The summed E-state index contributed by atoms with van der Waals surface area (Å²) in [5.41, 5.74) is 5.09. The molecule has 0 fully saturated rings. The third-order valence-corrected chi connectivity index (χ3v) is 4.95. The van der Waals surface area contributed by atoms with Crippen molar-refractivity contribution in [3.05, 3.63) is 56.9 Å². The summed E-state index contributed by atoms with van der Waals surface area (Å²) in [5, 5.41) is 1.13. The fourth-order valence-electron chi connectivity index (χ4n) is 2.20. The number of halogens is 2. The lowest BCUT2D eigenvalue weighted by molar-refractivity contribution is 0.739. The maximum atomic E-state index is 6.10. The predicted molar refractivity (Wildman–Crippen MR) is 88.5 cm³/mol. The van der Waals surface area contributed by atoms with Gasteiger partial charge >= 0.3 is 0 Å². The molecule has 0 bridgehead atoms. The van der Waals surface area contributed by atoms with Crippen molar-refractivity contribution in [3.63, 3.8) is 0 Å². The Kier molecular flexibility index (Phi) is 3.97. The molecule has 1 aromatic carbocycles. The first-order chi connectivity index (χ1) is 9.65. The van der Waals surface area contributed by atoms with Gasteiger partial charge in [-0.15, -0.1) is 11.3 Å². The molecule has 0 aliphatic heterocycles. The largest absolute Gasteiger partial charge is 0.244 e. The second-order valence-corrected chi connectivity index (χ2v) is 6.56. The number of allylic oxidation sites excluding steroid dienone is 4. The van der Waals surface area contributed by atoms with E-state index in [4.69, 9.17) is 23.2 Å². The molecule has 1 unspecified atom stereocenters. The van der Waals surface area contributed by atoms with Crippen molar-refractivity contribution in [1.82, 2.24) is 4.98 Å². The van der Waals surface area contributed by atoms with Crippen molar-refractivity contribution in [2.75, 3.05) is 0 Å². The van der Waals surface area contributed by atoms with E-state index in [2.05, 4.69) is 30.1 Å². The number of hydrogen-bond acceptors (Lipinski definition) is 2. The van der Waals surface area contributed by atoms with Crippen molar-refractivity contribution < 1.29 is 0 Å². The topological polar surface area (TPSA) is 12.9 Å². The first-order valence-electron chi connectivity index (χ1n) is 6.43. The Morgan fingerprint density at radius 3 is 2.80 bits per heavy atom. The van der Waals surface area contributed by atoms with Crippen molar-refractivity contribution in [2.24, 2.45) is 5.92 Å². The molecule has 102 valence electrons. The second-order valence-electron chi connectivity index (χ2n) is 4.89. The molecule has 1 atom stereocenters. The Morgan fingerprint density at radius 2 is 2.10 bits per heavy atom. The molecule has 1 nitrogen and oxygen atoms in total. The average molecular weight is 322 g/mol. The van der Waals surface area contributed by atoms with Gasteiger partial charge in [0.1, 0.15) is 0 Å². The van der Waals surface area contributed by atoms with Crippen molar-refractivity contribution in [3.8, 4) is 11.3 Å². The van der Waals surface area contributed by atoms with Gasteiger partial charge < -0.3 is 0 Å². The van der Waals surface area contributed by atoms with Crippen molar-refractivity contribution in [1.29, 1.82) is 0 Å². The van der Waals surface area contributed by atoms with Gasteiger partial charge in [-0.2, -0.15) is 0 Å². The lowest BCUT2D eigenvalue weighted by Gasteiger charge is -2.12. The smallest absolute Gasteiger partial charge is 0.0890 e. The summed E-state index contributed by atoms with van der Waals surface area (Å²) < 4.78 is 0. The lowest BCUT2D eigenvalue weighted by Crippen LogP contribution is -1.94. The molecule has 1 heterocycles. The minimum Gasteiger partial charge on any atom is -0.244 e. The molecule has 1 aromatic heterocycles. The molecule has 0 saturated carbocycles. The van der Waals surface area contributed by atoms with Crippen LogP contribution in [-0.2, 0) is 0 Å². The standard InChI is InChI=1S/C16H13Cl2NS/c1-10-2-4-11(5-3-10)16-15(19-9-20-16)12-6-7-13(17)14(18)8-12/h2,4-10H,3H2,1H3. The van der Waals surface area contributed by atoms with Gasteiger partial charge in [0.25, 0.3) is 0 Å². The molecule has 0 spiro atoms. The Hall–Kier alpha value is -1.09. The van der Waals surface area contributed by atoms with Crippen LogP contribution in [0, 0.1) is 5.92 Å². The number of benzene rings is 1.